The zero-order valence-electron chi connectivity index (χ0n) is 15.9. The fourth-order valence-corrected chi connectivity index (χ4v) is 4.19. The van der Waals surface area contributed by atoms with Gasteiger partial charge in [-0.15, -0.1) is 0 Å². The third-order valence-electron chi connectivity index (χ3n) is 5.73. The summed E-state index contributed by atoms with van der Waals surface area (Å²) in [6.07, 6.45) is 2.87. The van der Waals surface area contributed by atoms with Crippen LogP contribution < -0.4 is 0 Å². The molecule has 1 aromatic heterocycles. The van der Waals surface area contributed by atoms with Crippen molar-refractivity contribution in [3.63, 3.8) is 0 Å². The number of hydrogen-bond acceptors (Lipinski definition) is 3. The second-order valence-electron chi connectivity index (χ2n) is 7.68. The monoisotopic (exact) mass is 369 g/mol. The molecule has 28 heavy (non-hydrogen) atoms. The molecule has 4 aromatic rings. The van der Waals surface area contributed by atoms with Gasteiger partial charge in [0.15, 0.2) is 0 Å². The SMILES string of the molecule is CC1Cc2cc(O)ccc2CN1Cc1cccc(-n2cnc3ccccc32)c1. The van der Waals surface area contributed by atoms with Crippen molar-refractivity contribution in [3.8, 4) is 11.4 Å². The summed E-state index contributed by atoms with van der Waals surface area (Å²) in [6, 6.07) is 23.1. The number of phenols is 1. The average Bonchev–Trinajstić information content (AvgIpc) is 3.13. The molecule has 4 nitrogen and oxygen atoms in total. The number of rotatable bonds is 3. The van der Waals surface area contributed by atoms with Crippen LogP contribution in [0.3, 0.4) is 0 Å². The average molecular weight is 369 g/mol. The first-order valence-electron chi connectivity index (χ1n) is 9.73. The molecule has 1 unspecified atom stereocenters. The van der Waals surface area contributed by atoms with Crippen LogP contribution in [0.4, 0.5) is 0 Å². The van der Waals surface area contributed by atoms with Crippen LogP contribution in [-0.4, -0.2) is 25.6 Å². The fourth-order valence-electron chi connectivity index (χ4n) is 4.19. The lowest BCUT2D eigenvalue weighted by atomic mass is 9.94. The molecule has 1 atom stereocenters. The molecule has 0 bridgehead atoms. The maximum atomic E-state index is 9.75. The van der Waals surface area contributed by atoms with Gasteiger partial charge in [-0.2, -0.15) is 0 Å². The number of aromatic hydroxyl groups is 1. The summed E-state index contributed by atoms with van der Waals surface area (Å²) in [4.78, 5) is 7.02. The van der Waals surface area contributed by atoms with Gasteiger partial charge in [0.1, 0.15) is 12.1 Å². The lowest BCUT2D eigenvalue weighted by Crippen LogP contribution is -2.37. The van der Waals surface area contributed by atoms with Crippen molar-refractivity contribution in [1.82, 2.24) is 14.5 Å². The fraction of sp³-hybridized carbons (Fsp3) is 0.208. The molecule has 4 heteroatoms. The van der Waals surface area contributed by atoms with E-state index in [9.17, 15) is 5.11 Å². The van der Waals surface area contributed by atoms with Crippen molar-refractivity contribution in [2.45, 2.75) is 32.5 Å². The van der Waals surface area contributed by atoms with E-state index in [-0.39, 0.29) is 0 Å². The van der Waals surface area contributed by atoms with Crippen LogP contribution in [0.2, 0.25) is 0 Å². The van der Waals surface area contributed by atoms with E-state index >= 15 is 0 Å². The molecular weight excluding hydrogens is 346 g/mol. The topological polar surface area (TPSA) is 41.3 Å². The van der Waals surface area contributed by atoms with E-state index in [0.717, 1.165) is 36.2 Å². The highest BCUT2D eigenvalue weighted by atomic mass is 16.3. The van der Waals surface area contributed by atoms with E-state index < -0.39 is 0 Å². The Morgan fingerprint density at radius 1 is 1.00 bits per heavy atom. The van der Waals surface area contributed by atoms with Crippen molar-refractivity contribution in [2.75, 3.05) is 0 Å². The molecule has 3 aromatic carbocycles. The van der Waals surface area contributed by atoms with Crippen LogP contribution in [0.1, 0.15) is 23.6 Å². The lowest BCUT2D eigenvalue weighted by Gasteiger charge is -2.35. The Hall–Kier alpha value is -3.11. The van der Waals surface area contributed by atoms with Crippen LogP contribution in [0.25, 0.3) is 16.7 Å². The lowest BCUT2D eigenvalue weighted by molar-refractivity contribution is 0.175. The number of para-hydroxylation sites is 2. The number of hydrogen-bond donors (Lipinski definition) is 1. The van der Waals surface area contributed by atoms with Gasteiger partial charge in [0.25, 0.3) is 0 Å². The summed E-state index contributed by atoms with van der Waals surface area (Å²) in [7, 11) is 0. The van der Waals surface area contributed by atoms with Crippen molar-refractivity contribution < 1.29 is 5.11 Å². The molecule has 140 valence electrons. The maximum Gasteiger partial charge on any atom is 0.115 e. The summed E-state index contributed by atoms with van der Waals surface area (Å²) in [5.41, 5.74) is 7.15. The Bertz CT molecular complexity index is 1150. The van der Waals surface area contributed by atoms with Crippen molar-refractivity contribution in [3.05, 3.63) is 89.7 Å². The van der Waals surface area contributed by atoms with Crippen molar-refractivity contribution in [1.29, 1.82) is 0 Å². The normalized spacial score (nSPS) is 17.0. The molecule has 0 saturated heterocycles. The Balaban J connectivity index is 1.42. The van der Waals surface area contributed by atoms with Crippen LogP contribution in [-0.2, 0) is 19.5 Å². The van der Waals surface area contributed by atoms with Crippen LogP contribution >= 0.6 is 0 Å². The second kappa shape index (κ2) is 6.80. The Morgan fingerprint density at radius 3 is 2.82 bits per heavy atom. The molecule has 0 saturated carbocycles. The molecule has 1 aliphatic rings. The summed E-state index contributed by atoms with van der Waals surface area (Å²) < 4.78 is 2.15. The Labute approximate surface area is 164 Å². The van der Waals surface area contributed by atoms with Crippen molar-refractivity contribution >= 4 is 11.0 Å². The highest BCUT2D eigenvalue weighted by Crippen LogP contribution is 2.28. The minimum atomic E-state index is 0.361. The van der Waals surface area contributed by atoms with Gasteiger partial charge in [-0.1, -0.05) is 30.3 Å². The largest absolute Gasteiger partial charge is 0.508 e. The highest BCUT2D eigenvalue weighted by Gasteiger charge is 2.23. The molecule has 0 fully saturated rings. The van der Waals surface area contributed by atoms with Gasteiger partial charge < -0.3 is 5.11 Å². The molecule has 2 heterocycles. The van der Waals surface area contributed by atoms with E-state index in [4.69, 9.17) is 0 Å². The van der Waals surface area contributed by atoms with E-state index in [1.807, 2.05) is 24.5 Å². The third-order valence-corrected chi connectivity index (χ3v) is 5.73. The van der Waals surface area contributed by atoms with Gasteiger partial charge in [0.05, 0.1) is 11.0 Å². The minimum absolute atomic E-state index is 0.361. The Morgan fingerprint density at radius 2 is 1.89 bits per heavy atom. The zero-order valence-corrected chi connectivity index (χ0v) is 15.9. The first-order chi connectivity index (χ1) is 13.7. The number of phenolic OH excluding ortho intramolecular Hbond substituents is 1. The number of aromatic nitrogens is 2. The number of nitrogens with zero attached hydrogens (tertiary/aromatic N) is 3. The van der Waals surface area contributed by atoms with Gasteiger partial charge in [0.2, 0.25) is 0 Å². The van der Waals surface area contributed by atoms with Gasteiger partial charge >= 0.3 is 0 Å². The number of imidazole rings is 1. The minimum Gasteiger partial charge on any atom is -0.508 e. The van der Waals surface area contributed by atoms with E-state index in [0.29, 0.717) is 11.8 Å². The van der Waals surface area contributed by atoms with Gasteiger partial charge in [-0.25, -0.2) is 4.98 Å². The van der Waals surface area contributed by atoms with E-state index in [2.05, 4.69) is 63.8 Å². The molecule has 1 aliphatic heterocycles. The van der Waals surface area contributed by atoms with Gasteiger partial charge in [-0.05, 0) is 66.4 Å². The maximum absolute atomic E-state index is 9.75. The summed E-state index contributed by atoms with van der Waals surface area (Å²) >= 11 is 0. The van der Waals surface area contributed by atoms with Crippen molar-refractivity contribution in [2.24, 2.45) is 0 Å². The van der Waals surface area contributed by atoms with E-state index in [1.54, 1.807) is 6.07 Å². The van der Waals surface area contributed by atoms with Crippen LogP contribution in [0.15, 0.2) is 73.1 Å². The number of fused-ring (bicyclic) bond motifs is 2. The quantitative estimate of drug-likeness (QED) is 0.570. The molecule has 0 spiro atoms. The van der Waals surface area contributed by atoms with Gasteiger partial charge in [-0.3, -0.25) is 9.47 Å². The summed E-state index contributed by atoms with van der Waals surface area (Å²) in [6.45, 7) is 4.08. The first kappa shape index (κ1) is 17.0. The molecule has 5 rings (SSSR count). The molecule has 0 aliphatic carbocycles. The molecule has 1 N–H and O–H groups in total. The van der Waals surface area contributed by atoms with E-state index in [1.165, 1.54) is 16.7 Å². The predicted octanol–water partition coefficient (Wildman–Crippen LogP) is 4.68. The Kier molecular flexibility index (Phi) is 4.14. The smallest absolute Gasteiger partial charge is 0.115 e. The van der Waals surface area contributed by atoms with Crippen LogP contribution in [0.5, 0.6) is 5.75 Å². The second-order valence-corrected chi connectivity index (χ2v) is 7.68. The molecule has 0 amide bonds. The summed E-state index contributed by atoms with van der Waals surface area (Å²) in [5, 5.41) is 9.75. The van der Waals surface area contributed by atoms with Crippen LogP contribution in [0, 0.1) is 0 Å². The molecule has 0 radical (unpaired) electrons. The molecular formula is C24H23N3O. The van der Waals surface area contributed by atoms with Gasteiger partial charge in [0, 0.05) is 24.8 Å². The summed E-state index contributed by atoms with van der Waals surface area (Å²) in [5.74, 6) is 0.361. The predicted molar refractivity (Wildman–Crippen MR) is 112 cm³/mol. The standard InChI is InChI=1S/C24H23N3O/c1-17-11-20-13-22(28)10-9-19(20)15-26(17)14-18-5-4-6-21(12-18)27-16-25-23-7-2-3-8-24(23)27/h2-10,12-13,16-17,28H,11,14-15H2,1H3. The highest BCUT2D eigenvalue weighted by molar-refractivity contribution is 5.77. The zero-order chi connectivity index (χ0) is 19.1. The third kappa shape index (κ3) is 3.06. The number of benzene rings is 3. The first-order valence-corrected chi connectivity index (χ1v) is 9.73.